The first-order chi connectivity index (χ1) is 41.2. The smallest absolute Gasteiger partial charge is 0.735 e. The van der Waals surface area contributed by atoms with Gasteiger partial charge in [-0.05, 0) is 0 Å². The van der Waals surface area contributed by atoms with Crippen LogP contribution in [-0.4, -0.2) is 327 Å². The fourth-order valence-electron chi connectivity index (χ4n) is 8.93. The largest absolute Gasteiger partial charge is 1.00 e. The van der Waals surface area contributed by atoms with Gasteiger partial charge in [-0.15, -0.1) is 0 Å². The zero-order chi connectivity index (χ0) is 69.4. The first-order valence-electron chi connectivity index (χ1n) is 23.4. The van der Waals surface area contributed by atoms with Crippen molar-refractivity contribution in [2.45, 2.75) is 153 Å². The molecular formula is C31H43N3Na10O49S8. The Labute approximate surface area is 793 Å². The summed E-state index contributed by atoms with van der Waals surface area (Å²) in [6, 6.07) is -8.60. The standard InChI is InChI=1S/C31H53N3O49S8.10Na/c1-69-27-9(33-85(48,49)50)13(37)17(6(74-27)3-71-88(57,58)59)76-31-22(83-91(66,67)68)16(40)21(24(81-31)26(43)44)79-29-10(34-86(51,52)53)19(82-90(63,64)65)18(7(75-29)4-72-89(60,61)62)77-30-15(39)14(38)20(23(80-30)25(41)42)78-28-8(32-84(45,46)47)12(36)11(35)5(73-28)2-70-87(54,55)56;;;;;;;;;;/h5-24,27-40H,2-4H2,1H3,(H,41,42)(H,43,44)(H,45,46,47)(H,48,49,50)(H,51,52,53)(H,54,55,56)(H,57,58,59)(H,60,61,62)(H,63,64,65)(H,66,67,68);;;;;;;;;;/q;10*+1/p-10/t5-,6-,7-,8-,9-,10-,11-,12-,13-,14-,15-,16+,17-,18?,19-,20+,21+,22-,23+,24-,27+,28-,29-,30-,31-;;;;;;;;;;/m1........../s1. The van der Waals surface area contributed by atoms with Crippen molar-refractivity contribution in [3.05, 3.63) is 0 Å². The van der Waals surface area contributed by atoms with Crippen molar-refractivity contribution in [1.82, 2.24) is 14.2 Å². The Kier molecular flexibility index (Phi) is 57.7. The summed E-state index contributed by atoms with van der Waals surface area (Å²) in [5, 5.41) is 92.1. The van der Waals surface area contributed by atoms with Gasteiger partial charge in [0.25, 0.3) is 0 Å². The van der Waals surface area contributed by atoms with Gasteiger partial charge in [-0.25, -0.2) is 81.5 Å². The third-order valence-electron chi connectivity index (χ3n) is 12.4. The van der Waals surface area contributed by atoms with Crippen molar-refractivity contribution in [3.63, 3.8) is 0 Å². The molecule has 101 heavy (non-hydrogen) atoms. The molecule has 5 heterocycles. The summed E-state index contributed by atoms with van der Waals surface area (Å²) in [5.41, 5.74) is 0. The van der Waals surface area contributed by atoms with Crippen LogP contribution in [0.3, 0.4) is 0 Å². The molecule has 25 atom stereocenters. The molecule has 70 heteroatoms. The summed E-state index contributed by atoms with van der Waals surface area (Å²) in [5.74, 6) is -5.54. The molecule has 0 aliphatic carbocycles. The maximum Gasteiger partial charge on any atom is 1.00 e. The Morgan fingerprint density at radius 3 is 1.04 bits per heavy atom. The number of hydrogen-bond donors (Lipinski definition) is 9. The van der Waals surface area contributed by atoms with Gasteiger partial charge in [0.1, 0.15) is 116 Å². The SMILES string of the molecule is CO[C@H]1O[C@H](COS(=O)(=O)[O-])[C@@H](O[C@@H]2O[C@@H](C(=O)[O-])[C@@H](O[C@H]3O[C@H](COS(=O)(=O)[O-])C(O[C@@H]4O[C@H](C(=O)[O-])[C@@H](O[C@H]5O[C@H](COS(=O)(=O)[O-])[C@@H](O)[C@H](O)[C@H]5NS(=O)(=O)[O-])[C@H](O)[C@H]4O)[C@H](OS(=O)(=O)[O-])[C@H]3NS(=O)(=O)[O-])[C@H](O)[C@H]2OS(=O)(=O)[O-])[C@H](O)[C@H]1NS(=O)(=O)[O-].[Na+].[Na+].[Na+].[Na+].[Na+].[Na+].[Na+].[Na+].[Na+].[Na+]. The van der Waals surface area contributed by atoms with Gasteiger partial charge < -0.3 is 134 Å². The second-order valence-electron chi connectivity index (χ2n) is 18.5. The van der Waals surface area contributed by atoms with Crippen molar-refractivity contribution >= 4 is 94.8 Å². The average molecular weight is 1730 g/mol. The topological polar surface area (TPSA) is 834 Å². The Balaban J connectivity index is -0.00000226. The molecule has 5 aliphatic rings. The molecule has 0 radical (unpaired) electrons. The zero-order valence-corrected chi connectivity index (χ0v) is 80.1. The average Bonchev–Trinajstić information content (AvgIpc) is 0.764. The molecule has 1 unspecified atom stereocenters. The van der Waals surface area contributed by atoms with Crippen molar-refractivity contribution in [2.24, 2.45) is 0 Å². The number of nitrogens with one attached hydrogen (secondary N) is 3. The summed E-state index contributed by atoms with van der Waals surface area (Å²) >= 11 is 0. The van der Waals surface area contributed by atoms with E-state index in [2.05, 4.69) is 20.9 Å². The molecule has 0 saturated carbocycles. The summed E-state index contributed by atoms with van der Waals surface area (Å²) in [7, 11) is -48.4. The van der Waals surface area contributed by atoms with Crippen LogP contribution in [0.5, 0.6) is 0 Å². The number of rotatable bonds is 30. The van der Waals surface area contributed by atoms with Crippen LogP contribution in [0.2, 0.25) is 0 Å². The van der Waals surface area contributed by atoms with Crippen molar-refractivity contribution in [2.75, 3.05) is 26.9 Å². The van der Waals surface area contributed by atoms with Gasteiger partial charge in [0.15, 0.2) is 68.5 Å². The Morgan fingerprint density at radius 2 is 0.653 bits per heavy atom. The summed E-state index contributed by atoms with van der Waals surface area (Å²) < 4.78 is 359. The van der Waals surface area contributed by atoms with E-state index in [0.717, 1.165) is 9.44 Å². The zero-order valence-electron chi connectivity index (χ0n) is 53.6. The number of aliphatic carboxylic acids is 2. The predicted molar refractivity (Wildman–Crippen MR) is 242 cm³/mol. The maximum atomic E-state index is 12.8. The van der Waals surface area contributed by atoms with Crippen molar-refractivity contribution < 1.29 is 518 Å². The van der Waals surface area contributed by atoms with Gasteiger partial charge in [0.2, 0.25) is 52.0 Å². The minimum atomic E-state index is -6.68. The number of carboxylic acid groups (broad SMARTS) is 2. The van der Waals surface area contributed by atoms with E-state index < -0.39 is 268 Å². The number of hydrogen-bond acceptors (Lipinski definition) is 49. The van der Waals surface area contributed by atoms with E-state index in [4.69, 9.17) is 47.4 Å². The number of aliphatic hydroxyl groups is 6. The van der Waals surface area contributed by atoms with Crippen molar-refractivity contribution in [3.8, 4) is 0 Å². The minimum Gasteiger partial charge on any atom is -0.735 e. The van der Waals surface area contributed by atoms with Crippen LogP contribution in [0.15, 0.2) is 0 Å². The van der Waals surface area contributed by atoms with Gasteiger partial charge in [-0.1, -0.05) is 0 Å². The van der Waals surface area contributed by atoms with Crippen LogP contribution in [0, 0.1) is 0 Å². The van der Waals surface area contributed by atoms with Crippen LogP contribution < -0.4 is 320 Å². The molecule has 0 aromatic carbocycles. The van der Waals surface area contributed by atoms with Crippen LogP contribution in [0.25, 0.3) is 0 Å². The van der Waals surface area contributed by atoms with Crippen LogP contribution in [0.1, 0.15) is 0 Å². The number of carbonyl (C=O) groups excluding carboxylic acids is 2. The van der Waals surface area contributed by atoms with Gasteiger partial charge >= 0.3 is 296 Å². The fourth-order valence-corrected chi connectivity index (χ4v) is 12.6. The number of carbonyl (C=O) groups is 2. The molecule has 0 aromatic rings. The molecule has 534 valence electrons. The molecule has 5 fully saturated rings. The molecular weight excluding hydrogens is 1680 g/mol. The molecule has 0 bridgehead atoms. The van der Waals surface area contributed by atoms with Gasteiger partial charge in [-0.3, -0.25) is 20.9 Å². The third kappa shape index (κ3) is 38.3. The van der Waals surface area contributed by atoms with Crippen molar-refractivity contribution in [1.29, 1.82) is 0 Å². The quantitative estimate of drug-likeness (QED) is 0.0183. The Morgan fingerprint density at radius 1 is 0.337 bits per heavy atom. The number of ether oxygens (including phenoxy) is 10. The molecule has 0 amide bonds. The van der Waals surface area contributed by atoms with Gasteiger partial charge in [-0.2, -0.15) is 0 Å². The first-order valence-corrected chi connectivity index (χ1v) is 34.3. The van der Waals surface area contributed by atoms with E-state index in [1.54, 1.807) is 0 Å². The summed E-state index contributed by atoms with van der Waals surface area (Å²) in [6.45, 7) is -5.44. The van der Waals surface area contributed by atoms with E-state index in [0.29, 0.717) is 7.11 Å². The van der Waals surface area contributed by atoms with Gasteiger partial charge in [0.05, 0.1) is 31.8 Å². The van der Waals surface area contributed by atoms with E-state index in [1.165, 1.54) is 4.72 Å². The molecule has 9 N–H and O–H groups in total. The number of methoxy groups -OCH3 is 1. The van der Waals surface area contributed by atoms with Crippen LogP contribution in [0.4, 0.5) is 0 Å². The normalized spacial score (nSPS) is 34.8. The Bertz CT molecular complexity index is 3530. The van der Waals surface area contributed by atoms with E-state index >= 15 is 0 Å². The molecule has 0 aromatic heterocycles. The molecule has 52 nitrogen and oxygen atoms in total. The summed E-state index contributed by atoms with van der Waals surface area (Å²) in [6.07, 6.45) is -66.6. The number of carboxylic acids is 2. The fraction of sp³-hybridized carbons (Fsp3) is 0.935. The third-order valence-corrected chi connectivity index (χ3v) is 16.2. The minimum absolute atomic E-state index is 0. The molecule has 5 rings (SSSR count). The number of aliphatic hydroxyl groups excluding tert-OH is 6. The van der Waals surface area contributed by atoms with E-state index in [-0.39, 0.29) is 296 Å². The van der Waals surface area contributed by atoms with Crippen LogP contribution >= 0.6 is 0 Å². The molecule has 5 saturated heterocycles. The second kappa shape index (κ2) is 49.0. The first kappa shape index (κ1) is 119. The monoisotopic (exact) mass is 1730 g/mol. The molecule has 0 spiro atoms. The van der Waals surface area contributed by atoms with E-state index in [1.807, 2.05) is 0 Å². The van der Waals surface area contributed by atoms with E-state index in [9.17, 15) is 154 Å². The second-order valence-corrected chi connectivity index (χ2v) is 27.1. The predicted octanol–water partition coefficient (Wildman–Crippen LogP) is -49.1. The maximum absolute atomic E-state index is 12.8. The Hall–Kier alpha value is 7.26. The summed E-state index contributed by atoms with van der Waals surface area (Å²) in [4.78, 5) is 25.5. The van der Waals surface area contributed by atoms with Crippen LogP contribution in [-0.2, 0) is 161 Å². The molecule has 5 aliphatic heterocycles. The van der Waals surface area contributed by atoms with Gasteiger partial charge in [0, 0.05) is 7.11 Å².